The fraction of sp³-hybridized carbons (Fsp3) is 0.409. The van der Waals surface area contributed by atoms with Gasteiger partial charge in [-0.25, -0.2) is 9.07 Å². The fourth-order valence-electron chi connectivity index (χ4n) is 3.85. The average molecular weight is 379 g/mol. The Labute approximate surface area is 165 Å². The minimum absolute atomic E-state index is 0.130. The fourth-order valence-corrected chi connectivity index (χ4v) is 3.85. The molecule has 0 bridgehead atoms. The molecule has 1 aliphatic heterocycles. The molecule has 0 aliphatic carbocycles. The summed E-state index contributed by atoms with van der Waals surface area (Å²) in [5.41, 5.74) is 3.52. The normalized spacial score (nSPS) is 16.0. The second kappa shape index (κ2) is 7.43. The van der Waals surface area contributed by atoms with Gasteiger partial charge in [-0.3, -0.25) is 4.90 Å². The van der Waals surface area contributed by atoms with Crippen molar-refractivity contribution in [2.45, 2.75) is 51.7 Å². The molecule has 5 nitrogen and oxygen atoms in total. The number of nitrogens with zero attached hydrogens (tertiary/aromatic N) is 5. The van der Waals surface area contributed by atoms with Crippen LogP contribution in [0.15, 0.2) is 48.5 Å². The molecule has 4 rings (SSSR count). The average Bonchev–Trinajstić information content (AvgIpc) is 3.20. The van der Waals surface area contributed by atoms with Crippen molar-refractivity contribution >= 4 is 0 Å². The highest BCUT2D eigenvalue weighted by atomic mass is 19.1. The van der Waals surface area contributed by atoms with Gasteiger partial charge < -0.3 is 0 Å². The molecule has 0 saturated carbocycles. The van der Waals surface area contributed by atoms with Crippen molar-refractivity contribution in [2.24, 2.45) is 0 Å². The molecule has 0 spiro atoms. The van der Waals surface area contributed by atoms with Crippen LogP contribution < -0.4 is 0 Å². The van der Waals surface area contributed by atoms with Crippen LogP contribution in [0.3, 0.4) is 0 Å². The molecule has 1 aliphatic rings. The molecule has 0 saturated heterocycles. The molecule has 2 heterocycles. The number of aromatic nitrogens is 4. The van der Waals surface area contributed by atoms with Crippen LogP contribution in [0, 0.1) is 5.82 Å². The lowest BCUT2D eigenvalue weighted by Crippen LogP contribution is -2.38. The lowest BCUT2D eigenvalue weighted by atomic mass is 9.95. The van der Waals surface area contributed by atoms with Crippen LogP contribution in [0.5, 0.6) is 0 Å². The maximum atomic E-state index is 13.6. The van der Waals surface area contributed by atoms with Crippen molar-refractivity contribution in [2.75, 3.05) is 6.54 Å². The molecule has 1 aromatic heterocycles. The second-order valence-electron chi connectivity index (χ2n) is 8.06. The molecule has 0 amide bonds. The molecule has 0 unspecified atom stereocenters. The van der Waals surface area contributed by atoms with Crippen LogP contribution in [0.25, 0.3) is 0 Å². The first-order valence-electron chi connectivity index (χ1n) is 9.84. The van der Waals surface area contributed by atoms with Crippen molar-refractivity contribution in [3.05, 3.63) is 76.9 Å². The van der Waals surface area contributed by atoms with Gasteiger partial charge in [-0.05, 0) is 65.9 Å². The van der Waals surface area contributed by atoms with Crippen LogP contribution in [-0.4, -0.2) is 31.7 Å². The van der Waals surface area contributed by atoms with E-state index in [-0.39, 0.29) is 17.4 Å². The highest BCUT2D eigenvalue weighted by molar-refractivity contribution is 5.32. The molecule has 1 atom stereocenters. The van der Waals surface area contributed by atoms with E-state index in [0.717, 1.165) is 37.3 Å². The largest absolute Gasteiger partial charge is 0.285 e. The van der Waals surface area contributed by atoms with Gasteiger partial charge in [0.1, 0.15) is 5.82 Å². The summed E-state index contributed by atoms with van der Waals surface area (Å²) in [5, 5.41) is 12.7. The van der Waals surface area contributed by atoms with Gasteiger partial charge in [-0.1, -0.05) is 43.3 Å². The van der Waals surface area contributed by atoms with Crippen molar-refractivity contribution in [1.29, 1.82) is 0 Å². The number of benzene rings is 2. The molecular formula is C22H26FN5. The molecule has 3 aromatic rings. The first kappa shape index (κ1) is 18.7. The lowest BCUT2D eigenvalue weighted by Gasteiger charge is -2.36. The van der Waals surface area contributed by atoms with Gasteiger partial charge in [0.25, 0.3) is 0 Å². The summed E-state index contributed by atoms with van der Waals surface area (Å²) < 4.78 is 15.5. The number of tetrazole rings is 1. The quantitative estimate of drug-likeness (QED) is 0.669. The van der Waals surface area contributed by atoms with Gasteiger partial charge in [0.05, 0.1) is 11.6 Å². The predicted octanol–water partition coefficient (Wildman–Crippen LogP) is 4.11. The second-order valence-corrected chi connectivity index (χ2v) is 8.06. The third-order valence-electron chi connectivity index (χ3n) is 5.89. The lowest BCUT2D eigenvalue weighted by molar-refractivity contribution is 0.181. The predicted molar refractivity (Wildman–Crippen MR) is 106 cm³/mol. The van der Waals surface area contributed by atoms with Crippen LogP contribution >= 0.6 is 0 Å². The van der Waals surface area contributed by atoms with E-state index in [1.165, 1.54) is 23.3 Å². The summed E-state index contributed by atoms with van der Waals surface area (Å²) in [4.78, 5) is 2.39. The SMILES string of the molecule is CCC(C)(C)n1nnnc1[C@@H](c1ccc(F)cc1)N1CCc2ccccc2C1. The topological polar surface area (TPSA) is 46.8 Å². The van der Waals surface area contributed by atoms with E-state index in [1.54, 1.807) is 0 Å². The van der Waals surface area contributed by atoms with Crippen LogP contribution in [0.1, 0.15) is 55.7 Å². The number of rotatable bonds is 5. The summed E-state index contributed by atoms with van der Waals surface area (Å²) in [6.07, 6.45) is 1.89. The molecule has 2 aromatic carbocycles. The van der Waals surface area contributed by atoms with E-state index in [4.69, 9.17) is 0 Å². The maximum absolute atomic E-state index is 13.6. The van der Waals surface area contributed by atoms with Gasteiger partial charge in [-0.2, -0.15) is 0 Å². The summed E-state index contributed by atoms with van der Waals surface area (Å²) in [7, 11) is 0. The van der Waals surface area contributed by atoms with Gasteiger partial charge in [0, 0.05) is 13.1 Å². The Balaban J connectivity index is 1.79. The Morgan fingerprint density at radius 1 is 1.07 bits per heavy atom. The Kier molecular flexibility index (Phi) is 4.98. The molecule has 0 radical (unpaired) electrons. The first-order chi connectivity index (χ1) is 13.5. The number of hydrogen-bond acceptors (Lipinski definition) is 4. The van der Waals surface area contributed by atoms with Gasteiger partial charge in [0.2, 0.25) is 0 Å². The molecule has 6 heteroatoms. The number of halogens is 1. The van der Waals surface area contributed by atoms with Crippen molar-refractivity contribution in [3.63, 3.8) is 0 Å². The Morgan fingerprint density at radius 3 is 2.50 bits per heavy atom. The Bertz CT molecular complexity index is 948. The summed E-state index contributed by atoms with van der Waals surface area (Å²) in [5.74, 6) is 0.567. The van der Waals surface area contributed by atoms with E-state index >= 15 is 0 Å². The van der Waals surface area contributed by atoms with E-state index in [0.29, 0.717) is 0 Å². The van der Waals surface area contributed by atoms with E-state index in [1.807, 2.05) is 16.8 Å². The van der Waals surface area contributed by atoms with Crippen molar-refractivity contribution in [3.8, 4) is 0 Å². The van der Waals surface area contributed by atoms with Gasteiger partial charge >= 0.3 is 0 Å². The zero-order valence-electron chi connectivity index (χ0n) is 16.6. The van der Waals surface area contributed by atoms with Gasteiger partial charge in [-0.15, -0.1) is 5.10 Å². The van der Waals surface area contributed by atoms with Crippen LogP contribution in [0.2, 0.25) is 0 Å². The Hall–Kier alpha value is -2.60. The molecule has 0 N–H and O–H groups in total. The van der Waals surface area contributed by atoms with E-state index in [2.05, 4.69) is 65.5 Å². The number of fused-ring (bicyclic) bond motifs is 1. The summed E-state index contributed by atoms with van der Waals surface area (Å²) in [6.45, 7) is 8.13. The summed E-state index contributed by atoms with van der Waals surface area (Å²) >= 11 is 0. The smallest absolute Gasteiger partial charge is 0.173 e. The minimum atomic E-state index is -0.236. The Morgan fingerprint density at radius 2 is 1.79 bits per heavy atom. The highest BCUT2D eigenvalue weighted by Crippen LogP contribution is 2.34. The molecule has 146 valence electrons. The van der Waals surface area contributed by atoms with E-state index < -0.39 is 0 Å². The minimum Gasteiger partial charge on any atom is -0.285 e. The maximum Gasteiger partial charge on any atom is 0.173 e. The molecular weight excluding hydrogens is 353 g/mol. The van der Waals surface area contributed by atoms with Crippen LogP contribution in [0.4, 0.5) is 4.39 Å². The monoisotopic (exact) mass is 379 g/mol. The molecule has 28 heavy (non-hydrogen) atoms. The zero-order chi connectivity index (χ0) is 19.7. The van der Waals surface area contributed by atoms with Gasteiger partial charge in [0.15, 0.2) is 5.82 Å². The summed E-state index contributed by atoms with van der Waals surface area (Å²) in [6, 6.07) is 15.1. The third kappa shape index (κ3) is 3.44. The van der Waals surface area contributed by atoms with E-state index in [9.17, 15) is 4.39 Å². The standard InChI is InChI=1S/C22H26FN5/c1-4-22(2,3)28-21(24-25-26-28)20(17-9-11-19(23)12-10-17)27-14-13-16-7-5-6-8-18(16)15-27/h5-12,20H,4,13-15H2,1-3H3/t20-/m1/s1. The third-order valence-corrected chi connectivity index (χ3v) is 5.89. The van der Waals surface area contributed by atoms with Crippen molar-refractivity contribution in [1.82, 2.24) is 25.1 Å². The zero-order valence-corrected chi connectivity index (χ0v) is 16.6. The first-order valence-corrected chi connectivity index (χ1v) is 9.84. The highest BCUT2D eigenvalue weighted by Gasteiger charge is 2.34. The molecule has 0 fully saturated rings. The van der Waals surface area contributed by atoms with Crippen molar-refractivity contribution < 1.29 is 4.39 Å². The van der Waals surface area contributed by atoms with Crippen LogP contribution in [-0.2, 0) is 18.5 Å². The number of hydrogen-bond donors (Lipinski definition) is 0.